The van der Waals surface area contributed by atoms with E-state index in [4.69, 9.17) is 25.8 Å². The number of hydrogen-bond acceptors (Lipinski definition) is 7. The standard InChI is InChI=1S/C29H24ClNO7S/c1-36-25-18-26(37-2)24(17-23(25)30)31-39(34,35)22-15-9-14-21(16-22)29(33)38-28(20-12-7-4-8-13-20)27(32)19-10-5-3-6-11-19/h3-18,28,31H,1-2H3. The van der Waals surface area contributed by atoms with Gasteiger partial charge in [-0.3, -0.25) is 9.52 Å². The first-order chi connectivity index (χ1) is 18.7. The van der Waals surface area contributed by atoms with Crippen molar-refractivity contribution in [1.82, 2.24) is 0 Å². The second-order valence-corrected chi connectivity index (χ2v) is 10.3. The van der Waals surface area contributed by atoms with Crippen LogP contribution in [-0.4, -0.2) is 34.4 Å². The molecular formula is C29H24ClNO7S. The molecule has 4 aromatic rings. The van der Waals surface area contributed by atoms with Gasteiger partial charge in [-0.2, -0.15) is 0 Å². The highest BCUT2D eigenvalue weighted by atomic mass is 35.5. The van der Waals surface area contributed by atoms with Gasteiger partial charge in [-0.15, -0.1) is 0 Å². The molecule has 0 aromatic heterocycles. The Labute approximate surface area is 231 Å². The summed E-state index contributed by atoms with van der Waals surface area (Å²) in [6, 6.07) is 25.1. The molecule has 0 aliphatic heterocycles. The van der Waals surface area contributed by atoms with Gasteiger partial charge < -0.3 is 14.2 Å². The largest absolute Gasteiger partial charge is 0.495 e. The average molecular weight is 566 g/mol. The van der Waals surface area contributed by atoms with Gasteiger partial charge >= 0.3 is 5.97 Å². The van der Waals surface area contributed by atoms with E-state index in [0.29, 0.717) is 16.9 Å². The summed E-state index contributed by atoms with van der Waals surface area (Å²) in [4.78, 5) is 26.2. The third kappa shape index (κ3) is 6.39. The van der Waals surface area contributed by atoms with Gasteiger partial charge in [0.15, 0.2) is 6.10 Å². The minimum Gasteiger partial charge on any atom is -0.495 e. The van der Waals surface area contributed by atoms with Crippen LogP contribution >= 0.6 is 11.6 Å². The van der Waals surface area contributed by atoms with Crippen molar-refractivity contribution in [2.45, 2.75) is 11.0 Å². The lowest BCUT2D eigenvalue weighted by Gasteiger charge is -2.18. The molecule has 0 fully saturated rings. The fraction of sp³-hybridized carbons (Fsp3) is 0.103. The Balaban J connectivity index is 1.62. The van der Waals surface area contributed by atoms with Crippen molar-refractivity contribution in [3.05, 3.63) is 119 Å². The number of esters is 1. The summed E-state index contributed by atoms with van der Waals surface area (Å²) >= 11 is 6.16. The first-order valence-electron chi connectivity index (χ1n) is 11.6. The first-order valence-corrected chi connectivity index (χ1v) is 13.5. The number of Topliss-reactive ketones (excluding diaryl/α,β-unsaturated/α-hetero) is 1. The normalized spacial score (nSPS) is 11.8. The second-order valence-electron chi connectivity index (χ2n) is 8.25. The lowest BCUT2D eigenvalue weighted by Crippen LogP contribution is -2.21. The topological polar surface area (TPSA) is 108 Å². The van der Waals surface area contributed by atoms with E-state index in [-0.39, 0.29) is 26.9 Å². The van der Waals surface area contributed by atoms with Crippen molar-refractivity contribution < 1.29 is 32.2 Å². The van der Waals surface area contributed by atoms with Crippen LogP contribution in [0.3, 0.4) is 0 Å². The molecule has 0 aliphatic carbocycles. The Bertz CT molecular complexity index is 1590. The number of benzene rings is 4. The van der Waals surface area contributed by atoms with Crippen molar-refractivity contribution in [1.29, 1.82) is 0 Å². The molecule has 8 nitrogen and oxygen atoms in total. The molecule has 0 spiro atoms. The smallest absolute Gasteiger partial charge is 0.339 e. The zero-order valence-electron chi connectivity index (χ0n) is 21.0. The average Bonchev–Trinajstić information content (AvgIpc) is 2.96. The highest BCUT2D eigenvalue weighted by Crippen LogP contribution is 2.37. The number of sulfonamides is 1. The van der Waals surface area contributed by atoms with Crippen molar-refractivity contribution in [3.63, 3.8) is 0 Å². The summed E-state index contributed by atoms with van der Waals surface area (Å²) in [5, 5.41) is 0.170. The molecule has 0 aliphatic rings. The Kier molecular flexibility index (Phi) is 8.53. The summed E-state index contributed by atoms with van der Waals surface area (Å²) in [6.07, 6.45) is -1.23. The third-order valence-corrected chi connectivity index (χ3v) is 7.38. The van der Waals surface area contributed by atoms with Crippen molar-refractivity contribution in [2.24, 2.45) is 0 Å². The molecule has 1 atom stereocenters. The highest BCUT2D eigenvalue weighted by Gasteiger charge is 2.27. The van der Waals surface area contributed by atoms with Crippen molar-refractivity contribution >= 4 is 39.1 Å². The first kappa shape index (κ1) is 27.7. The molecule has 10 heteroatoms. The number of hydrogen-bond donors (Lipinski definition) is 1. The van der Waals surface area contributed by atoms with Gasteiger partial charge in [-0.25, -0.2) is 13.2 Å². The van der Waals surface area contributed by atoms with Crippen LogP contribution in [0.15, 0.2) is 102 Å². The van der Waals surface area contributed by atoms with E-state index in [9.17, 15) is 18.0 Å². The maximum absolute atomic E-state index is 13.3. The van der Waals surface area contributed by atoms with E-state index < -0.39 is 27.9 Å². The Morgan fingerprint density at radius 1 is 0.769 bits per heavy atom. The molecule has 0 saturated carbocycles. The molecule has 1 unspecified atom stereocenters. The molecule has 1 N–H and O–H groups in total. The molecule has 0 saturated heterocycles. The van der Waals surface area contributed by atoms with Gasteiger partial charge in [0, 0.05) is 17.2 Å². The van der Waals surface area contributed by atoms with Gasteiger partial charge in [-0.1, -0.05) is 78.3 Å². The molecule has 39 heavy (non-hydrogen) atoms. The summed E-state index contributed by atoms with van der Waals surface area (Å²) in [7, 11) is -1.39. The number of carbonyl (C=O) groups excluding carboxylic acids is 2. The predicted octanol–water partition coefficient (Wildman–Crippen LogP) is 5.94. The number of rotatable bonds is 10. The molecule has 4 aromatic carbocycles. The van der Waals surface area contributed by atoms with Crippen LogP contribution in [0.2, 0.25) is 5.02 Å². The van der Waals surface area contributed by atoms with Gasteiger partial charge in [-0.05, 0) is 24.3 Å². The van der Waals surface area contributed by atoms with E-state index in [1.54, 1.807) is 60.7 Å². The second kappa shape index (κ2) is 12.0. The number of methoxy groups -OCH3 is 2. The number of carbonyl (C=O) groups is 2. The van der Waals surface area contributed by atoms with Crippen molar-refractivity contribution in [2.75, 3.05) is 18.9 Å². The van der Waals surface area contributed by atoms with Gasteiger partial charge in [0.05, 0.1) is 35.4 Å². The highest BCUT2D eigenvalue weighted by molar-refractivity contribution is 7.92. The molecule has 4 rings (SSSR count). The van der Waals surface area contributed by atoms with Gasteiger partial charge in [0.1, 0.15) is 11.5 Å². The maximum Gasteiger partial charge on any atom is 0.339 e. The molecule has 0 amide bonds. The van der Waals surface area contributed by atoms with E-state index in [0.717, 1.165) is 6.07 Å². The SMILES string of the molecule is COc1cc(OC)c(NS(=O)(=O)c2cccc(C(=O)OC(C(=O)c3ccccc3)c3ccccc3)c2)cc1Cl. The Morgan fingerprint density at radius 3 is 2.03 bits per heavy atom. The predicted molar refractivity (Wildman–Crippen MR) is 147 cm³/mol. The van der Waals surface area contributed by atoms with Gasteiger partial charge in [0.25, 0.3) is 10.0 Å². The summed E-state index contributed by atoms with van der Waals surface area (Å²) in [5.74, 6) is -0.793. The van der Waals surface area contributed by atoms with Crippen LogP contribution in [-0.2, 0) is 14.8 Å². The zero-order valence-corrected chi connectivity index (χ0v) is 22.5. The van der Waals surface area contributed by atoms with Gasteiger partial charge in [0.2, 0.25) is 5.78 Å². The zero-order chi connectivity index (χ0) is 28.0. The monoisotopic (exact) mass is 565 g/mol. The molecule has 0 bridgehead atoms. The van der Waals surface area contributed by atoms with E-state index >= 15 is 0 Å². The Hall–Kier alpha value is -4.34. The molecule has 0 heterocycles. The number of ether oxygens (including phenoxy) is 3. The van der Waals surface area contributed by atoms with Crippen LogP contribution in [0, 0.1) is 0 Å². The van der Waals surface area contributed by atoms with Crippen LogP contribution < -0.4 is 14.2 Å². The van der Waals surface area contributed by atoms with E-state index in [1.807, 2.05) is 0 Å². The quantitative estimate of drug-likeness (QED) is 0.187. The molecule has 0 radical (unpaired) electrons. The fourth-order valence-corrected chi connectivity index (χ4v) is 5.11. The summed E-state index contributed by atoms with van der Waals surface area (Å²) < 4.78 is 44.9. The number of anilines is 1. The van der Waals surface area contributed by atoms with Crippen molar-refractivity contribution in [3.8, 4) is 11.5 Å². The van der Waals surface area contributed by atoms with E-state index in [1.165, 1.54) is 44.6 Å². The molecular weight excluding hydrogens is 542 g/mol. The lowest BCUT2D eigenvalue weighted by atomic mass is 10.00. The minimum absolute atomic E-state index is 0.0561. The fourth-order valence-electron chi connectivity index (χ4n) is 3.76. The summed E-state index contributed by atoms with van der Waals surface area (Å²) in [5.41, 5.74) is 0.869. The number of nitrogens with one attached hydrogen (secondary N) is 1. The lowest BCUT2D eigenvalue weighted by molar-refractivity contribution is 0.0280. The van der Waals surface area contributed by atoms with Crippen LogP contribution in [0.25, 0.3) is 0 Å². The summed E-state index contributed by atoms with van der Waals surface area (Å²) in [6.45, 7) is 0. The maximum atomic E-state index is 13.3. The number of halogens is 1. The third-order valence-electron chi connectivity index (χ3n) is 5.72. The van der Waals surface area contributed by atoms with E-state index in [2.05, 4.69) is 4.72 Å². The van der Waals surface area contributed by atoms with Crippen LogP contribution in [0.4, 0.5) is 5.69 Å². The molecule has 200 valence electrons. The minimum atomic E-state index is -4.18. The van der Waals surface area contributed by atoms with Crippen LogP contribution in [0.5, 0.6) is 11.5 Å². The van der Waals surface area contributed by atoms with Crippen LogP contribution in [0.1, 0.15) is 32.4 Å². The number of ketones is 1. The Morgan fingerprint density at radius 2 is 1.38 bits per heavy atom.